The van der Waals surface area contributed by atoms with Crippen LogP contribution >= 0.6 is 0 Å². The van der Waals surface area contributed by atoms with Crippen molar-refractivity contribution in [3.63, 3.8) is 0 Å². The molecule has 2 rings (SSSR count). The van der Waals surface area contributed by atoms with Gasteiger partial charge in [-0.2, -0.15) is 0 Å². The molecule has 0 saturated heterocycles. The first-order valence-electron chi connectivity index (χ1n) is 7.55. The summed E-state index contributed by atoms with van der Waals surface area (Å²) in [5, 5.41) is 9.16. The second kappa shape index (κ2) is 8.32. The molecule has 128 valence electrons. The fourth-order valence-corrected chi connectivity index (χ4v) is 2.21. The summed E-state index contributed by atoms with van der Waals surface area (Å²) < 4.78 is 12.2. The first-order chi connectivity index (χ1) is 11.6. The van der Waals surface area contributed by atoms with Gasteiger partial charge in [-0.3, -0.25) is 14.3 Å². The Balaban J connectivity index is 2.54. The van der Waals surface area contributed by atoms with Gasteiger partial charge in [0.2, 0.25) is 0 Å². The molecule has 0 spiro atoms. The third-order valence-electron chi connectivity index (χ3n) is 3.23. The zero-order valence-corrected chi connectivity index (χ0v) is 13.5. The van der Waals surface area contributed by atoms with Gasteiger partial charge >= 0.3 is 5.97 Å². The number of aromatic nitrogens is 3. The molecule has 24 heavy (non-hydrogen) atoms. The fourth-order valence-electron chi connectivity index (χ4n) is 2.21. The maximum absolute atomic E-state index is 12.6. The minimum absolute atomic E-state index is 0.0266. The Morgan fingerprint density at radius 3 is 2.54 bits per heavy atom. The summed E-state index contributed by atoms with van der Waals surface area (Å²) in [6.45, 7) is 4.44. The van der Waals surface area contributed by atoms with Crippen LogP contribution in [0.3, 0.4) is 0 Å². The van der Waals surface area contributed by atoms with E-state index < -0.39 is 23.4 Å². The van der Waals surface area contributed by atoms with Crippen molar-refractivity contribution in [2.24, 2.45) is 0 Å². The average molecular weight is 333 g/mol. The SMILES string of the molecule is CCOC(Cn1c(-c2cccnc2)ncc(C(=O)O)c1=O)OCC. The molecule has 0 unspecified atom stereocenters. The Morgan fingerprint density at radius 1 is 1.29 bits per heavy atom. The Bertz CT molecular complexity index is 739. The minimum Gasteiger partial charge on any atom is -0.477 e. The van der Waals surface area contributed by atoms with E-state index >= 15 is 0 Å². The molecular weight excluding hydrogens is 314 g/mol. The molecule has 1 N–H and O–H groups in total. The number of ether oxygens (including phenoxy) is 2. The normalized spacial score (nSPS) is 11.0. The van der Waals surface area contributed by atoms with Crippen LogP contribution in [0.4, 0.5) is 0 Å². The molecular formula is C16H19N3O5. The fraction of sp³-hybridized carbons (Fsp3) is 0.375. The van der Waals surface area contributed by atoms with Crippen molar-refractivity contribution in [3.8, 4) is 11.4 Å². The number of carbonyl (C=O) groups is 1. The topological polar surface area (TPSA) is 104 Å². The lowest BCUT2D eigenvalue weighted by molar-refractivity contribution is -0.143. The number of carboxylic acids is 1. The molecule has 0 aromatic carbocycles. The monoisotopic (exact) mass is 333 g/mol. The molecule has 0 aliphatic carbocycles. The van der Waals surface area contributed by atoms with Crippen LogP contribution in [0.2, 0.25) is 0 Å². The van der Waals surface area contributed by atoms with E-state index in [1.54, 1.807) is 24.5 Å². The van der Waals surface area contributed by atoms with Crippen LogP contribution in [0.15, 0.2) is 35.5 Å². The van der Waals surface area contributed by atoms with Crippen molar-refractivity contribution < 1.29 is 19.4 Å². The zero-order valence-electron chi connectivity index (χ0n) is 13.5. The van der Waals surface area contributed by atoms with Gasteiger partial charge in [0.15, 0.2) is 6.29 Å². The maximum atomic E-state index is 12.6. The minimum atomic E-state index is -1.33. The molecule has 8 heteroatoms. The summed E-state index contributed by atoms with van der Waals surface area (Å²) in [4.78, 5) is 31.9. The van der Waals surface area contributed by atoms with Crippen molar-refractivity contribution >= 4 is 5.97 Å². The Morgan fingerprint density at radius 2 is 2.00 bits per heavy atom. The van der Waals surface area contributed by atoms with Crippen molar-refractivity contribution in [2.45, 2.75) is 26.7 Å². The van der Waals surface area contributed by atoms with Crippen LogP contribution in [0.25, 0.3) is 11.4 Å². The van der Waals surface area contributed by atoms with Crippen LogP contribution in [-0.4, -0.2) is 45.1 Å². The highest BCUT2D eigenvalue weighted by Gasteiger charge is 2.20. The van der Waals surface area contributed by atoms with E-state index in [1.807, 2.05) is 13.8 Å². The van der Waals surface area contributed by atoms with Gasteiger partial charge in [-0.05, 0) is 26.0 Å². The molecule has 8 nitrogen and oxygen atoms in total. The van der Waals surface area contributed by atoms with Gasteiger partial charge in [-0.1, -0.05) is 0 Å². The number of aromatic carboxylic acids is 1. The second-order valence-corrected chi connectivity index (χ2v) is 4.80. The predicted molar refractivity (Wildman–Crippen MR) is 85.7 cm³/mol. The van der Waals surface area contributed by atoms with Gasteiger partial charge in [0, 0.05) is 37.4 Å². The molecule has 0 radical (unpaired) electrons. The highest BCUT2D eigenvalue weighted by molar-refractivity contribution is 5.86. The summed E-state index contributed by atoms with van der Waals surface area (Å²) in [5.74, 6) is -1.02. The van der Waals surface area contributed by atoms with Gasteiger partial charge in [-0.25, -0.2) is 9.78 Å². The quantitative estimate of drug-likeness (QED) is 0.728. The lowest BCUT2D eigenvalue weighted by Crippen LogP contribution is -2.34. The van der Waals surface area contributed by atoms with E-state index in [0.29, 0.717) is 24.6 Å². The maximum Gasteiger partial charge on any atom is 0.342 e. The van der Waals surface area contributed by atoms with Gasteiger partial charge < -0.3 is 14.6 Å². The van der Waals surface area contributed by atoms with Crippen molar-refractivity contribution in [1.82, 2.24) is 14.5 Å². The molecule has 0 saturated carbocycles. The molecule has 2 heterocycles. The average Bonchev–Trinajstić information content (AvgIpc) is 2.57. The summed E-state index contributed by atoms with van der Waals surface area (Å²) in [6, 6.07) is 3.45. The highest BCUT2D eigenvalue weighted by Crippen LogP contribution is 2.15. The van der Waals surface area contributed by atoms with E-state index in [-0.39, 0.29) is 6.54 Å². The van der Waals surface area contributed by atoms with Crippen molar-refractivity contribution in [3.05, 3.63) is 46.6 Å². The van der Waals surface area contributed by atoms with E-state index in [4.69, 9.17) is 14.6 Å². The molecule has 2 aromatic heterocycles. The molecule has 0 aliphatic heterocycles. The highest BCUT2D eigenvalue weighted by atomic mass is 16.7. The predicted octanol–water partition coefficient (Wildman–Crippen LogP) is 1.40. The third kappa shape index (κ3) is 4.03. The molecule has 0 amide bonds. The number of rotatable bonds is 8. The first-order valence-corrected chi connectivity index (χ1v) is 7.55. The summed E-state index contributed by atoms with van der Waals surface area (Å²) in [7, 11) is 0. The largest absolute Gasteiger partial charge is 0.477 e. The summed E-state index contributed by atoms with van der Waals surface area (Å²) >= 11 is 0. The van der Waals surface area contributed by atoms with Crippen molar-refractivity contribution in [2.75, 3.05) is 13.2 Å². The van der Waals surface area contributed by atoms with Gasteiger partial charge in [0.25, 0.3) is 5.56 Å². The van der Waals surface area contributed by atoms with Gasteiger partial charge in [-0.15, -0.1) is 0 Å². The van der Waals surface area contributed by atoms with E-state index in [1.165, 1.54) is 4.57 Å². The van der Waals surface area contributed by atoms with Crippen LogP contribution in [-0.2, 0) is 16.0 Å². The van der Waals surface area contributed by atoms with Gasteiger partial charge in [0.1, 0.15) is 11.4 Å². The van der Waals surface area contributed by atoms with E-state index in [0.717, 1.165) is 6.20 Å². The molecule has 0 atom stereocenters. The zero-order chi connectivity index (χ0) is 17.5. The number of pyridine rings is 1. The summed E-state index contributed by atoms with van der Waals surface area (Å²) in [5.41, 5.74) is -0.478. The second-order valence-electron chi connectivity index (χ2n) is 4.80. The van der Waals surface area contributed by atoms with Crippen molar-refractivity contribution in [1.29, 1.82) is 0 Å². The van der Waals surface area contributed by atoms with Crippen LogP contribution in [0.1, 0.15) is 24.2 Å². The third-order valence-corrected chi connectivity index (χ3v) is 3.23. The smallest absolute Gasteiger partial charge is 0.342 e. The lowest BCUT2D eigenvalue weighted by Gasteiger charge is -2.20. The molecule has 0 aliphatic rings. The number of hydrogen-bond acceptors (Lipinski definition) is 6. The number of hydrogen-bond donors (Lipinski definition) is 1. The number of nitrogens with zero attached hydrogens (tertiary/aromatic N) is 3. The van der Waals surface area contributed by atoms with Gasteiger partial charge in [0.05, 0.1) is 6.54 Å². The summed E-state index contributed by atoms with van der Waals surface area (Å²) in [6.07, 6.45) is 3.52. The van der Waals surface area contributed by atoms with E-state index in [9.17, 15) is 9.59 Å². The number of carboxylic acid groups (broad SMARTS) is 1. The lowest BCUT2D eigenvalue weighted by atomic mass is 10.2. The molecule has 0 fully saturated rings. The van der Waals surface area contributed by atoms with E-state index in [2.05, 4.69) is 9.97 Å². The Labute approximate surface area is 138 Å². The Kier molecular flexibility index (Phi) is 6.16. The Hall–Kier alpha value is -2.58. The van der Waals surface area contributed by atoms with Crippen LogP contribution in [0, 0.1) is 0 Å². The first kappa shape index (κ1) is 17.8. The standard InChI is InChI=1S/C16H19N3O5/c1-3-23-13(24-4-2)10-19-14(11-6-5-7-17-8-11)18-9-12(15(19)20)16(21)22/h5-9,13H,3-4,10H2,1-2H3,(H,21,22). The van der Waals surface area contributed by atoms with Crippen LogP contribution in [0.5, 0.6) is 0 Å². The molecule has 2 aromatic rings. The van der Waals surface area contributed by atoms with Crippen LogP contribution < -0.4 is 5.56 Å². The molecule has 0 bridgehead atoms.